The normalized spacial score (nSPS) is 18.7. The molecule has 1 aliphatic heterocycles. The maximum absolute atomic E-state index is 11.7. The maximum Gasteiger partial charge on any atom is 0.225 e. The lowest BCUT2D eigenvalue weighted by Crippen LogP contribution is -2.26. The van der Waals surface area contributed by atoms with Crippen molar-refractivity contribution in [2.75, 3.05) is 6.54 Å². The highest BCUT2D eigenvalue weighted by Gasteiger charge is 2.28. The highest BCUT2D eigenvalue weighted by Crippen LogP contribution is 2.29. The highest BCUT2D eigenvalue weighted by atomic mass is 79.9. The highest BCUT2D eigenvalue weighted by molar-refractivity contribution is 9.10. The predicted octanol–water partition coefficient (Wildman–Crippen LogP) is 2.23. The monoisotopic (exact) mass is 361 g/mol. The molecule has 1 fully saturated rings. The summed E-state index contributed by atoms with van der Waals surface area (Å²) in [6, 6.07) is 5.73. The molecule has 1 saturated heterocycles. The van der Waals surface area contributed by atoms with E-state index in [4.69, 9.17) is 4.42 Å². The van der Waals surface area contributed by atoms with Crippen molar-refractivity contribution in [2.24, 2.45) is 0 Å². The van der Waals surface area contributed by atoms with Gasteiger partial charge in [0.1, 0.15) is 16.9 Å². The van der Waals surface area contributed by atoms with Crippen molar-refractivity contribution >= 4 is 43.9 Å². The summed E-state index contributed by atoms with van der Waals surface area (Å²) in [4.78, 5) is 22.1. The maximum atomic E-state index is 11.7. The second-order valence-electron chi connectivity index (χ2n) is 5.37. The molecule has 0 saturated carbocycles. The summed E-state index contributed by atoms with van der Waals surface area (Å²) in [5.74, 6) is 0.466. The van der Waals surface area contributed by atoms with Gasteiger partial charge in [0.05, 0.1) is 25.3 Å². The number of carbonyl (C=O) groups is 1. The third-order valence-electron chi connectivity index (χ3n) is 3.75. The van der Waals surface area contributed by atoms with Crippen LogP contribution in [0.2, 0.25) is 0 Å². The molecule has 4 rings (SSSR count). The number of fused-ring (bicyclic) bond motifs is 3. The molecule has 0 radical (unpaired) electrons. The van der Waals surface area contributed by atoms with Gasteiger partial charge in [-0.15, -0.1) is 0 Å². The summed E-state index contributed by atoms with van der Waals surface area (Å²) in [6.07, 6.45) is 1.20. The number of aromatic nitrogens is 2. The zero-order chi connectivity index (χ0) is 15.3. The van der Waals surface area contributed by atoms with Gasteiger partial charge in [-0.2, -0.15) is 0 Å². The lowest BCUT2D eigenvalue weighted by Gasteiger charge is -2.14. The summed E-state index contributed by atoms with van der Waals surface area (Å²) in [5, 5.41) is 10.4. The number of rotatable bonds is 2. The zero-order valence-corrected chi connectivity index (χ0v) is 13.1. The van der Waals surface area contributed by atoms with Crippen molar-refractivity contribution in [1.82, 2.24) is 14.9 Å². The minimum atomic E-state index is -0.595. The van der Waals surface area contributed by atoms with Crippen LogP contribution in [0.5, 0.6) is 0 Å². The van der Waals surface area contributed by atoms with Crippen LogP contribution >= 0.6 is 15.9 Å². The van der Waals surface area contributed by atoms with E-state index in [0.717, 1.165) is 21.0 Å². The number of carbonyl (C=O) groups excluding carboxylic acids is 1. The van der Waals surface area contributed by atoms with Crippen LogP contribution < -0.4 is 0 Å². The number of benzene rings is 1. The Bertz CT molecular complexity index is 892. The largest absolute Gasteiger partial charge is 0.453 e. The molecule has 6 nitrogen and oxygen atoms in total. The third-order valence-corrected chi connectivity index (χ3v) is 4.24. The van der Waals surface area contributed by atoms with E-state index in [9.17, 15) is 9.90 Å². The SMILES string of the molecule is O=C1CC(O)CN1Cc1ncc2oc3ccc(Br)cc3c2n1. The van der Waals surface area contributed by atoms with Crippen molar-refractivity contribution in [3.63, 3.8) is 0 Å². The van der Waals surface area contributed by atoms with Gasteiger partial charge in [-0.25, -0.2) is 9.97 Å². The second-order valence-corrected chi connectivity index (χ2v) is 6.29. The Morgan fingerprint density at radius 1 is 1.41 bits per heavy atom. The molecule has 1 amide bonds. The lowest BCUT2D eigenvalue weighted by molar-refractivity contribution is -0.128. The Hall–Kier alpha value is -1.99. The number of nitrogens with zero attached hydrogens (tertiary/aromatic N) is 3. The summed E-state index contributed by atoms with van der Waals surface area (Å²) < 4.78 is 6.65. The van der Waals surface area contributed by atoms with E-state index in [-0.39, 0.29) is 12.3 Å². The van der Waals surface area contributed by atoms with Gasteiger partial charge in [0.15, 0.2) is 5.58 Å². The molecule has 1 aromatic carbocycles. The van der Waals surface area contributed by atoms with Gasteiger partial charge in [0, 0.05) is 16.4 Å². The molecule has 1 aliphatic rings. The van der Waals surface area contributed by atoms with Crippen molar-refractivity contribution < 1.29 is 14.3 Å². The van der Waals surface area contributed by atoms with Crippen LogP contribution in [0.25, 0.3) is 22.1 Å². The molecule has 3 heterocycles. The van der Waals surface area contributed by atoms with Crippen molar-refractivity contribution in [2.45, 2.75) is 19.1 Å². The average Bonchev–Trinajstić information content (AvgIpc) is 2.99. The lowest BCUT2D eigenvalue weighted by atomic mass is 10.2. The van der Waals surface area contributed by atoms with E-state index in [1.807, 2.05) is 18.2 Å². The fourth-order valence-corrected chi connectivity index (χ4v) is 3.08. The van der Waals surface area contributed by atoms with Crippen LogP contribution in [-0.4, -0.2) is 38.5 Å². The quantitative estimate of drug-likeness (QED) is 0.756. The van der Waals surface area contributed by atoms with E-state index in [0.29, 0.717) is 24.5 Å². The van der Waals surface area contributed by atoms with Crippen molar-refractivity contribution in [1.29, 1.82) is 0 Å². The smallest absolute Gasteiger partial charge is 0.225 e. The Balaban J connectivity index is 1.75. The first-order chi connectivity index (χ1) is 10.6. The number of β-amino-alcohol motifs (C(OH)–C–C–N with tert-alkyl or cyclic N) is 1. The van der Waals surface area contributed by atoms with Gasteiger partial charge >= 0.3 is 0 Å². The predicted molar refractivity (Wildman–Crippen MR) is 83.1 cm³/mol. The van der Waals surface area contributed by atoms with Gasteiger partial charge in [0.2, 0.25) is 5.91 Å². The first-order valence-electron chi connectivity index (χ1n) is 6.89. The molecular formula is C15H12BrN3O3. The Kier molecular flexibility index (Phi) is 3.12. The molecule has 0 spiro atoms. The summed E-state index contributed by atoms with van der Waals surface area (Å²) in [5.41, 5.74) is 2.09. The summed E-state index contributed by atoms with van der Waals surface area (Å²) in [6.45, 7) is 0.629. The Labute approximate surface area is 133 Å². The number of hydrogen-bond acceptors (Lipinski definition) is 5. The second kappa shape index (κ2) is 5.03. The molecule has 0 bridgehead atoms. The van der Waals surface area contributed by atoms with Crippen LogP contribution in [0.3, 0.4) is 0 Å². The molecule has 22 heavy (non-hydrogen) atoms. The zero-order valence-electron chi connectivity index (χ0n) is 11.5. The van der Waals surface area contributed by atoms with E-state index in [2.05, 4.69) is 25.9 Å². The number of furan rings is 1. The Morgan fingerprint density at radius 3 is 3.05 bits per heavy atom. The van der Waals surface area contributed by atoms with Gasteiger partial charge in [-0.1, -0.05) is 15.9 Å². The molecule has 3 aromatic rings. The molecule has 1 unspecified atom stereocenters. The molecule has 1 atom stereocenters. The first kappa shape index (κ1) is 13.7. The number of aliphatic hydroxyl groups excluding tert-OH is 1. The number of hydrogen-bond donors (Lipinski definition) is 1. The molecule has 7 heteroatoms. The van der Waals surface area contributed by atoms with Crippen LogP contribution in [0.4, 0.5) is 0 Å². The van der Waals surface area contributed by atoms with Crippen molar-refractivity contribution in [3.05, 3.63) is 34.7 Å². The van der Waals surface area contributed by atoms with E-state index in [1.165, 1.54) is 0 Å². The standard InChI is InChI=1S/C15H12BrN3O3/c16-8-1-2-11-10(3-8)15-12(22-11)5-17-13(18-15)7-19-6-9(20)4-14(19)21/h1-3,5,9,20H,4,6-7H2. The summed E-state index contributed by atoms with van der Waals surface area (Å²) in [7, 11) is 0. The third kappa shape index (κ3) is 2.26. The number of aliphatic hydroxyl groups is 1. The van der Waals surface area contributed by atoms with Gasteiger partial charge in [0.25, 0.3) is 0 Å². The molecule has 0 aliphatic carbocycles. The molecule has 112 valence electrons. The fourth-order valence-electron chi connectivity index (χ4n) is 2.72. The number of likely N-dealkylation sites (tertiary alicyclic amines) is 1. The molecule has 2 aromatic heterocycles. The van der Waals surface area contributed by atoms with Crippen LogP contribution in [0, 0.1) is 0 Å². The number of halogens is 1. The van der Waals surface area contributed by atoms with Crippen LogP contribution in [0.1, 0.15) is 12.2 Å². The summed E-state index contributed by atoms with van der Waals surface area (Å²) >= 11 is 3.44. The Morgan fingerprint density at radius 2 is 2.27 bits per heavy atom. The van der Waals surface area contributed by atoms with Gasteiger partial charge in [-0.3, -0.25) is 4.79 Å². The minimum absolute atomic E-state index is 0.0732. The van der Waals surface area contributed by atoms with Crippen LogP contribution in [-0.2, 0) is 11.3 Å². The minimum Gasteiger partial charge on any atom is -0.453 e. The van der Waals surface area contributed by atoms with Crippen molar-refractivity contribution in [3.8, 4) is 0 Å². The first-order valence-corrected chi connectivity index (χ1v) is 7.69. The van der Waals surface area contributed by atoms with E-state index < -0.39 is 6.10 Å². The van der Waals surface area contributed by atoms with Crippen LogP contribution in [0.15, 0.2) is 33.3 Å². The van der Waals surface area contributed by atoms with E-state index >= 15 is 0 Å². The molecule has 1 N–H and O–H groups in total. The van der Waals surface area contributed by atoms with Gasteiger partial charge < -0.3 is 14.4 Å². The number of amides is 1. The van der Waals surface area contributed by atoms with E-state index in [1.54, 1.807) is 11.1 Å². The average molecular weight is 362 g/mol. The van der Waals surface area contributed by atoms with Gasteiger partial charge in [-0.05, 0) is 18.2 Å². The topological polar surface area (TPSA) is 79.5 Å². The fraction of sp³-hybridized carbons (Fsp3) is 0.267. The molecular weight excluding hydrogens is 350 g/mol.